The van der Waals surface area contributed by atoms with Gasteiger partial charge < -0.3 is 21.1 Å². The molecule has 1 aliphatic heterocycles. The quantitative estimate of drug-likeness (QED) is 0.738. The Kier molecular flexibility index (Phi) is 4.42. The molecule has 2 atom stereocenters. The number of aliphatic hydroxyl groups is 1. The van der Waals surface area contributed by atoms with Gasteiger partial charge in [0.25, 0.3) is 0 Å². The van der Waals surface area contributed by atoms with Gasteiger partial charge in [0.2, 0.25) is 5.95 Å². The van der Waals surface area contributed by atoms with Crippen LogP contribution in [0.5, 0.6) is 0 Å². The zero-order valence-corrected chi connectivity index (χ0v) is 11.6. The lowest BCUT2D eigenvalue weighted by Crippen LogP contribution is -2.25. The number of nitrogens with zero attached hydrogens (tertiary/aromatic N) is 3. The second-order valence-corrected chi connectivity index (χ2v) is 5.13. The third-order valence-corrected chi connectivity index (χ3v) is 3.52. The summed E-state index contributed by atoms with van der Waals surface area (Å²) in [5.74, 6) is 2.21. The Morgan fingerprint density at radius 3 is 3.00 bits per heavy atom. The van der Waals surface area contributed by atoms with Crippen LogP contribution in [0.4, 0.5) is 17.6 Å². The van der Waals surface area contributed by atoms with E-state index in [4.69, 9.17) is 5.73 Å². The molecule has 0 aromatic carbocycles. The summed E-state index contributed by atoms with van der Waals surface area (Å²) in [6.45, 7) is 6.54. The topological polar surface area (TPSA) is 87.3 Å². The fraction of sp³-hybridized carbons (Fsp3) is 0.692. The summed E-state index contributed by atoms with van der Waals surface area (Å²) in [7, 11) is 0. The van der Waals surface area contributed by atoms with Crippen LogP contribution in [-0.4, -0.2) is 40.8 Å². The van der Waals surface area contributed by atoms with E-state index in [2.05, 4.69) is 27.1 Å². The zero-order valence-electron chi connectivity index (χ0n) is 11.6. The fourth-order valence-electron chi connectivity index (χ4n) is 2.35. The van der Waals surface area contributed by atoms with Crippen molar-refractivity contribution in [3.63, 3.8) is 0 Å². The van der Waals surface area contributed by atoms with E-state index in [0.717, 1.165) is 44.1 Å². The molecule has 2 heterocycles. The molecule has 1 aliphatic rings. The molecule has 1 aromatic heterocycles. The van der Waals surface area contributed by atoms with E-state index in [9.17, 15) is 5.11 Å². The predicted octanol–water partition coefficient (Wildman–Crippen LogP) is 1.09. The summed E-state index contributed by atoms with van der Waals surface area (Å²) in [4.78, 5) is 10.6. The summed E-state index contributed by atoms with van der Waals surface area (Å²) >= 11 is 0. The van der Waals surface area contributed by atoms with Gasteiger partial charge in [0.05, 0.1) is 6.10 Å². The monoisotopic (exact) mass is 265 g/mol. The average Bonchev–Trinajstić information content (AvgIpc) is 2.85. The standard InChI is InChI=1S/C13H23N5O/c1-3-5-15-11-7-12(17-13(14)16-11)18-6-4-10(8-18)9(2)19/h7,9-10,19H,3-6,8H2,1-2H3,(H3,14,15,16,17). The number of nitrogens with two attached hydrogens (primary N) is 1. The highest BCUT2D eigenvalue weighted by molar-refractivity contribution is 5.53. The number of hydrogen-bond donors (Lipinski definition) is 3. The SMILES string of the molecule is CCCNc1cc(N2CCC(C(C)O)C2)nc(N)n1. The average molecular weight is 265 g/mol. The van der Waals surface area contributed by atoms with Crippen molar-refractivity contribution >= 4 is 17.6 Å². The van der Waals surface area contributed by atoms with E-state index in [1.54, 1.807) is 0 Å². The van der Waals surface area contributed by atoms with Crippen molar-refractivity contribution in [3.05, 3.63) is 6.07 Å². The number of anilines is 3. The van der Waals surface area contributed by atoms with Crippen LogP contribution in [0.1, 0.15) is 26.7 Å². The Balaban J connectivity index is 2.09. The number of nitrogen functional groups attached to an aromatic ring is 1. The summed E-state index contributed by atoms with van der Waals surface area (Å²) < 4.78 is 0. The maximum Gasteiger partial charge on any atom is 0.223 e. The summed E-state index contributed by atoms with van der Waals surface area (Å²) in [5, 5.41) is 12.9. The minimum atomic E-state index is -0.276. The molecule has 106 valence electrons. The molecule has 0 amide bonds. The number of nitrogens with one attached hydrogen (secondary N) is 1. The van der Waals surface area contributed by atoms with Gasteiger partial charge >= 0.3 is 0 Å². The Morgan fingerprint density at radius 2 is 2.37 bits per heavy atom. The molecule has 4 N–H and O–H groups in total. The van der Waals surface area contributed by atoms with Crippen molar-refractivity contribution in [2.45, 2.75) is 32.8 Å². The van der Waals surface area contributed by atoms with Crippen molar-refractivity contribution in [1.29, 1.82) is 0 Å². The third-order valence-electron chi connectivity index (χ3n) is 3.52. The van der Waals surface area contributed by atoms with Crippen LogP contribution in [0.2, 0.25) is 0 Å². The van der Waals surface area contributed by atoms with E-state index in [-0.39, 0.29) is 12.1 Å². The van der Waals surface area contributed by atoms with Gasteiger partial charge in [-0.15, -0.1) is 0 Å². The summed E-state index contributed by atoms with van der Waals surface area (Å²) in [6.07, 6.45) is 1.74. The number of aliphatic hydroxyl groups excluding tert-OH is 1. The first-order chi connectivity index (χ1) is 9.10. The van der Waals surface area contributed by atoms with Gasteiger partial charge in [-0.05, 0) is 19.8 Å². The summed E-state index contributed by atoms with van der Waals surface area (Å²) in [5.41, 5.74) is 5.75. The molecular weight excluding hydrogens is 242 g/mol. The largest absolute Gasteiger partial charge is 0.393 e. The van der Waals surface area contributed by atoms with Crippen LogP contribution < -0.4 is 16.0 Å². The maximum atomic E-state index is 9.65. The second-order valence-electron chi connectivity index (χ2n) is 5.13. The Hall–Kier alpha value is -1.56. The molecule has 0 aliphatic carbocycles. The van der Waals surface area contributed by atoms with Crippen LogP contribution >= 0.6 is 0 Å². The smallest absolute Gasteiger partial charge is 0.223 e. The molecule has 0 spiro atoms. The first-order valence-corrected chi connectivity index (χ1v) is 6.91. The van der Waals surface area contributed by atoms with Gasteiger partial charge in [0, 0.05) is 31.6 Å². The minimum absolute atomic E-state index is 0.276. The Bertz CT molecular complexity index is 423. The molecule has 1 saturated heterocycles. The first-order valence-electron chi connectivity index (χ1n) is 6.91. The van der Waals surface area contributed by atoms with Gasteiger partial charge in [-0.25, -0.2) is 0 Å². The van der Waals surface area contributed by atoms with E-state index < -0.39 is 0 Å². The molecule has 0 saturated carbocycles. The molecule has 2 unspecified atom stereocenters. The van der Waals surface area contributed by atoms with Gasteiger partial charge in [-0.1, -0.05) is 6.92 Å². The molecule has 1 aromatic rings. The van der Waals surface area contributed by atoms with Crippen molar-refractivity contribution in [2.24, 2.45) is 5.92 Å². The Labute approximate surface area is 114 Å². The molecule has 2 rings (SSSR count). The lowest BCUT2D eigenvalue weighted by molar-refractivity contribution is 0.136. The molecule has 19 heavy (non-hydrogen) atoms. The summed E-state index contributed by atoms with van der Waals surface area (Å²) in [6, 6.07) is 1.93. The van der Waals surface area contributed by atoms with E-state index in [1.807, 2.05) is 13.0 Å². The highest BCUT2D eigenvalue weighted by atomic mass is 16.3. The molecular formula is C13H23N5O. The van der Waals surface area contributed by atoms with Gasteiger partial charge in [0.15, 0.2) is 0 Å². The highest BCUT2D eigenvalue weighted by Crippen LogP contribution is 2.26. The van der Waals surface area contributed by atoms with Gasteiger partial charge in [-0.2, -0.15) is 9.97 Å². The van der Waals surface area contributed by atoms with Crippen LogP contribution in [0, 0.1) is 5.92 Å². The van der Waals surface area contributed by atoms with Crippen LogP contribution in [0.25, 0.3) is 0 Å². The van der Waals surface area contributed by atoms with Crippen LogP contribution in [-0.2, 0) is 0 Å². The normalized spacial score (nSPS) is 20.6. The number of rotatable bonds is 5. The molecule has 6 heteroatoms. The highest BCUT2D eigenvalue weighted by Gasteiger charge is 2.27. The van der Waals surface area contributed by atoms with Crippen molar-refractivity contribution < 1.29 is 5.11 Å². The van der Waals surface area contributed by atoms with Crippen molar-refractivity contribution in [1.82, 2.24) is 9.97 Å². The van der Waals surface area contributed by atoms with Crippen LogP contribution in [0.15, 0.2) is 6.07 Å². The number of hydrogen-bond acceptors (Lipinski definition) is 6. The van der Waals surface area contributed by atoms with E-state index >= 15 is 0 Å². The van der Waals surface area contributed by atoms with E-state index in [0.29, 0.717) is 5.92 Å². The molecule has 1 fully saturated rings. The number of aromatic nitrogens is 2. The lowest BCUT2D eigenvalue weighted by atomic mass is 10.0. The fourth-order valence-corrected chi connectivity index (χ4v) is 2.35. The van der Waals surface area contributed by atoms with Crippen molar-refractivity contribution in [2.75, 3.05) is 35.6 Å². The second kappa shape index (κ2) is 6.06. The lowest BCUT2D eigenvalue weighted by Gasteiger charge is -2.19. The molecule has 0 bridgehead atoms. The molecule has 6 nitrogen and oxygen atoms in total. The first kappa shape index (κ1) is 13.9. The van der Waals surface area contributed by atoms with Gasteiger partial charge in [-0.3, -0.25) is 0 Å². The predicted molar refractivity (Wildman–Crippen MR) is 77.2 cm³/mol. The third kappa shape index (κ3) is 3.47. The molecule has 0 radical (unpaired) electrons. The van der Waals surface area contributed by atoms with Crippen LogP contribution in [0.3, 0.4) is 0 Å². The minimum Gasteiger partial charge on any atom is -0.393 e. The van der Waals surface area contributed by atoms with E-state index in [1.165, 1.54) is 0 Å². The van der Waals surface area contributed by atoms with Gasteiger partial charge in [0.1, 0.15) is 11.6 Å². The Morgan fingerprint density at radius 1 is 1.58 bits per heavy atom. The maximum absolute atomic E-state index is 9.65. The zero-order chi connectivity index (χ0) is 13.8. The van der Waals surface area contributed by atoms with Crippen molar-refractivity contribution in [3.8, 4) is 0 Å².